The number of nitrogens with one attached hydrogen (secondary N) is 2. The predicted octanol–water partition coefficient (Wildman–Crippen LogP) is 2.28. The SMILES string of the molecule is CN[C@H](C(=O)N[C@H](C(=O)N(C)C(/C=C(\C)C(=O)O)C(C)C)C(C)(C)C)C(C)C. The van der Waals surface area contributed by atoms with Crippen LogP contribution in [0.1, 0.15) is 55.4 Å². The summed E-state index contributed by atoms with van der Waals surface area (Å²) in [6.45, 7) is 15.0. The lowest BCUT2D eigenvalue weighted by Crippen LogP contribution is -2.59. The molecule has 0 saturated heterocycles. The van der Waals surface area contributed by atoms with Crippen LogP contribution in [-0.4, -0.2) is 60.0 Å². The number of hydrogen-bond donors (Lipinski definition) is 3. The number of nitrogens with zero attached hydrogens (tertiary/aromatic N) is 1. The summed E-state index contributed by atoms with van der Waals surface area (Å²) in [6, 6.07) is -1.53. The Labute approximate surface area is 169 Å². The van der Waals surface area contributed by atoms with Crippen molar-refractivity contribution >= 4 is 17.8 Å². The van der Waals surface area contributed by atoms with Crippen LogP contribution in [0.3, 0.4) is 0 Å². The lowest BCUT2D eigenvalue weighted by Gasteiger charge is -2.38. The maximum atomic E-state index is 13.3. The van der Waals surface area contributed by atoms with Gasteiger partial charge in [-0.1, -0.05) is 54.5 Å². The molecule has 1 unspecified atom stereocenters. The van der Waals surface area contributed by atoms with Gasteiger partial charge >= 0.3 is 5.97 Å². The topological polar surface area (TPSA) is 98.7 Å². The quantitative estimate of drug-likeness (QED) is 0.519. The second kappa shape index (κ2) is 10.6. The van der Waals surface area contributed by atoms with Gasteiger partial charge in [0.2, 0.25) is 11.8 Å². The molecule has 0 fully saturated rings. The first-order valence-electron chi connectivity index (χ1n) is 9.81. The maximum absolute atomic E-state index is 13.3. The lowest BCUT2D eigenvalue weighted by atomic mass is 9.84. The minimum Gasteiger partial charge on any atom is -0.478 e. The normalized spacial score (nSPS) is 15.9. The minimum atomic E-state index is -1.01. The third-order valence-electron chi connectivity index (χ3n) is 4.90. The number of carboxylic acids is 1. The van der Waals surface area contributed by atoms with Crippen molar-refractivity contribution in [2.24, 2.45) is 17.3 Å². The Morgan fingerprint density at radius 3 is 1.86 bits per heavy atom. The van der Waals surface area contributed by atoms with E-state index < -0.39 is 29.5 Å². The van der Waals surface area contributed by atoms with Crippen LogP contribution in [0.25, 0.3) is 0 Å². The Kier molecular flexibility index (Phi) is 9.88. The Morgan fingerprint density at radius 1 is 1.04 bits per heavy atom. The number of amides is 2. The number of carbonyl (C=O) groups is 3. The van der Waals surface area contributed by atoms with Crippen molar-refractivity contribution in [3.8, 4) is 0 Å². The summed E-state index contributed by atoms with van der Waals surface area (Å²) in [7, 11) is 3.38. The zero-order chi connectivity index (χ0) is 22.4. The van der Waals surface area contributed by atoms with Gasteiger partial charge in [-0.2, -0.15) is 0 Å². The molecule has 0 aliphatic heterocycles. The van der Waals surface area contributed by atoms with E-state index in [1.54, 1.807) is 20.2 Å². The fourth-order valence-corrected chi connectivity index (χ4v) is 3.08. The van der Waals surface area contributed by atoms with E-state index in [0.29, 0.717) is 0 Å². The van der Waals surface area contributed by atoms with E-state index in [1.807, 2.05) is 48.5 Å². The van der Waals surface area contributed by atoms with Gasteiger partial charge < -0.3 is 20.6 Å². The number of carbonyl (C=O) groups excluding carboxylic acids is 2. The molecule has 0 rings (SSSR count). The van der Waals surface area contributed by atoms with Gasteiger partial charge in [0, 0.05) is 12.6 Å². The minimum absolute atomic E-state index is 0.0142. The highest BCUT2D eigenvalue weighted by molar-refractivity contribution is 5.91. The smallest absolute Gasteiger partial charge is 0.331 e. The van der Waals surface area contributed by atoms with Crippen molar-refractivity contribution in [1.29, 1.82) is 0 Å². The largest absolute Gasteiger partial charge is 0.478 e. The highest BCUT2D eigenvalue weighted by Crippen LogP contribution is 2.24. The fourth-order valence-electron chi connectivity index (χ4n) is 3.08. The average molecular weight is 398 g/mol. The Balaban J connectivity index is 5.80. The zero-order valence-corrected chi connectivity index (χ0v) is 19.1. The molecule has 3 N–H and O–H groups in total. The standard InChI is InChI=1S/C21H39N3O4/c1-12(2)15(11-14(5)20(27)28)24(10)19(26)17(21(6,7)8)23-18(25)16(22-9)13(3)4/h11-13,15-17,22H,1-10H3,(H,23,25)(H,27,28)/b14-11+/t15?,16-,17+/m0/s1. The molecular formula is C21H39N3O4. The second-order valence-corrected chi connectivity index (χ2v) is 9.16. The average Bonchev–Trinajstić information content (AvgIpc) is 2.54. The molecule has 0 radical (unpaired) electrons. The number of hydrogen-bond acceptors (Lipinski definition) is 4. The number of rotatable bonds is 9. The molecule has 7 heteroatoms. The number of likely N-dealkylation sites (N-methyl/N-ethyl adjacent to an activating group) is 2. The van der Waals surface area contributed by atoms with Crippen LogP contribution in [0.2, 0.25) is 0 Å². The highest BCUT2D eigenvalue weighted by atomic mass is 16.4. The molecule has 0 aliphatic rings. The van der Waals surface area contributed by atoms with Gasteiger partial charge in [0.15, 0.2) is 0 Å². The summed E-state index contributed by atoms with van der Waals surface area (Å²) < 4.78 is 0. The summed E-state index contributed by atoms with van der Waals surface area (Å²) in [4.78, 5) is 38.8. The monoisotopic (exact) mass is 397 g/mol. The van der Waals surface area contributed by atoms with Crippen molar-refractivity contribution in [2.45, 2.75) is 73.5 Å². The van der Waals surface area contributed by atoms with Crippen molar-refractivity contribution in [3.05, 3.63) is 11.6 Å². The molecule has 0 spiro atoms. The number of aliphatic carboxylic acids is 1. The van der Waals surface area contributed by atoms with Crippen LogP contribution in [0.4, 0.5) is 0 Å². The molecule has 162 valence electrons. The zero-order valence-electron chi connectivity index (χ0n) is 19.1. The molecule has 0 aromatic rings. The van der Waals surface area contributed by atoms with E-state index in [2.05, 4.69) is 10.6 Å². The first kappa shape index (κ1) is 26.1. The molecule has 28 heavy (non-hydrogen) atoms. The molecule has 2 amide bonds. The summed E-state index contributed by atoms with van der Waals surface area (Å²) >= 11 is 0. The summed E-state index contributed by atoms with van der Waals surface area (Å²) in [6.07, 6.45) is 1.59. The molecule has 0 aliphatic carbocycles. The first-order chi connectivity index (χ1) is 12.6. The fraction of sp³-hybridized carbons (Fsp3) is 0.762. The van der Waals surface area contributed by atoms with E-state index in [-0.39, 0.29) is 29.2 Å². The van der Waals surface area contributed by atoms with Crippen molar-refractivity contribution in [1.82, 2.24) is 15.5 Å². The predicted molar refractivity (Wildman–Crippen MR) is 112 cm³/mol. The van der Waals surface area contributed by atoms with Crippen LogP contribution < -0.4 is 10.6 Å². The number of carboxylic acid groups (broad SMARTS) is 1. The van der Waals surface area contributed by atoms with Crippen LogP contribution in [-0.2, 0) is 14.4 Å². The van der Waals surface area contributed by atoms with E-state index in [1.165, 1.54) is 11.8 Å². The van der Waals surface area contributed by atoms with Crippen molar-refractivity contribution in [2.75, 3.05) is 14.1 Å². The molecule has 0 bridgehead atoms. The maximum Gasteiger partial charge on any atom is 0.331 e. The lowest BCUT2D eigenvalue weighted by molar-refractivity contribution is -0.140. The van der Waals surface area contributed by atoms with E-state index in [4.69, 9.17) is 0 Å². The summed E-state index contributed by atoms with van der Waals surface area (Å²) in [5.74, 6) is -1.39. The van der Waals surface area contributed by atoms with Gasteiger partial charge in [-0.3, -0.25) is 9.59 Å². The van der Waals surface area contributed by atoms with E-state index in [9.17, 15) is 19.5 Å². The molecule has 3 atom stereocenters. The van der Waals surface area contributed by atoms with Crippen LogP contribution in [0.15, 0.2) is 11.6 Å². The molecular weight excluding hydrogens is 358 g/mol. The molecule has 0 heterocycles. The second-order valence-electron chi connectivity index (χ2n) is 9.16. The molecule has 7 nitrogen and oxygen atoms in total. The van der Waals surface area contributed by atoms with Gasteiger partial charge in [0.25, 0.3) is 0 Å². The third kappa shape index (κ3) is 7.26. The molecule has 0 aromatic heterocycles. The Hall–Kier alpha value is -1.89. The van der Waals surface area contributed by atoms with Crippen molar-refractivity contribution < 1.29 is 19.5 Å². The molecule has 0 saturated carbocycles. The van der Waals surface area contributed by atoms with Gasteiger partial charge in [-0.25, -0.2) is 4.79 Å². The van der Waals surface area contributed by atoms with Gasteiger partial charge in [0.1, 0.15) is 6.04 Å². The summed E-state index contributed by atoms with van der Waals surface area (Å²) in [5, 5.41) is 15.1. The van der Waals surface area contributed by atoms with Crippen LogP contribution >= 0.6 is 0 Å². The van der Waals surface area contributed by atoms with E-state index >= 15 is 0 Å². The first-order valence-corrected chi connectivity index (χ1v) is 9.81. The highest BCUT2D eigenvalue weighted by Gasteiger charge is 2.38. The van der Waals surface area contributed by atoms with Gasteiger partial charge in [-0.05, 0) is 31.2 Å². The van der Waals surface area contributed by atoms with Crippen molar-refractivity contribution in [3.63, 3.8) is 0 Å². The summed E-state index contributed by atoms with van der Waals surface area (Å²) in [5.41, 5.74) is -0.326. The molecule has 0 aromatic carbocycles. The Morgan fingerprint density at radius 2 is 1.54 bits per heavy atom. The van der Waals surface area contributed by atoms with E-state index in [0.717, 1.165) is 0 Å². The Bertz CT molecular complexity index is 591. The van der Waals surface area contributed by atoms with Crippen LogP contribution in [0.5, 0.6) is 0 Å². The third-order valence-corrected chi connectivity index (χ3v) is 4.90. The van der Waals surface area contributed by atoms with Gasteiger partial charge in [-0.15, -0.1) is 0 Å². The van der Waals surface area contributed by atoms with Gasteiger partial charge in [0.05, 0.1) is 12.1 Å². The van der Waals surface area contributed by atoms with Crippen LogP contribution in [0, 0.1) is 17.3 Å².